The van der Waals surface area contributed by atoms with Gasteiger partial charge in [-0.3, -0.25) is 0 Å². The summed E-state index contributed by atoms with van der Waals surface area (Å²) < 4.78 is 16.1. The molecule has 0 aliphatic rings. The van der Waals surface area contributed by atoms with Gasteiger partial charge in [0, 0.05) is 22.1 Å². The van der Waals surface area contributed by atoms with Crippen LogP contribution < -0.4 is 14.2 Å². The largest absolute Gasteiger partial charge is 0.507 e. The van der Waals surface area contributed by atoms with E-state index in [0.717, 1.165) is 0 Å². The minimum absolute atomic E-state index is 0.124. The SMILES string of the molecule is COc1cc(C(C)(c2cc(CO)c(O)c(CO)c2)c2cc(OC)c(O)c(OC)c2)cc(CO)c1O. The molecule has 9 nitrogen and oxygen atoms in total. The number of phenols is 3. The standard InChI is InChI=1S/C26H30O9/c1-26(17-5-14(11-27)23(30)15(6-17)12-28,18-7-16(13-29)24(31)20(8-18)33-2)19-9-21(34-3)25(32)22(10-19)35-4/h5-10,27-32H,11-13H2,1-4H3. The highest BCUT2D eigenvalue weighted by Gasteiger charge is 2.36. The van der Waals surface area contributed by atoms with Gasteiger partial charge in [-0.1, -0.05) is 0 Å². The van der Waals surface area contributed by atoms with E-state index in [1.165, 1.54) is 21.3 Å². The molecule has 0 saturated carbocycles. The van der Waals surface area contributed by atoms with Crippen molar-refractivity contribution in [3.63, 3.8) is 0 Å². The number of aliphatic hydroxyl groups excluding tert-OH is 3. The van der Waals surface area contributed by atoms with E-state index in [0.29, 0.717) is 16.7 Å². The Bertz CT molecular complexity index is 995. The molecule has 0 aliphatic heterocycles. The monoisotopic (exact) mass is 486 g/mol. The van der Waals surface area contributed by atoms with Gasteiger partial charge in [0.25, 0.3) is 0 Å². The third kappa shape index (κ3) is 4.41. The summed E-state index contributed by atoms with van der Waals surface area (Å²) in [5, 5.41) is 61.0. The van der Waals surface area contributed by atoms with Crippen LogP contribution in [0.2, 0.25) is 0 Å². The highest BCUT2D eigenvalue weighted by Crippen LogP contribution is 2.48. The van der Waals surface area contributed by atoms with Crippen molar-refractivity contribution >= 4 is 0 Å². The van der Waals surface area contributed by atoms with Crippen molar-refractivity contribution in [1.82, 2.24) is 0 Å². The van der Waals surface area contributed by atoms with E-state index in [1.54, 1.807) is 36.4 Å². The summed E-state index contributed by atoms with van der Waals surface area (Å²) >= 11 is 0. The minimum atomic E-state index is -1.11. The zero-order valence-corrected chi connectivity index (χ0v) is 20.0. The predicted octanol–water partition coefficient (Wildman–Crippen LogP) is 2.66. The van der Waals surface area contributed by atoms with Crippen LogP contribution in [0.25, 0.3) is 0 Å². The number of aromatic hydroxyl groups is 3. The fraction of sp³-hybridized carbons (Fsp3) is 0.308. The van der Waals surface area contributed by atoms with Crippen LogP contribution in [0, 0.1) is 0 Å². The maximum absolute atomic E-state index is 10.5. The molecule has 0 aliphatic carbocycles. The molecule has 6 N–H and O–H groups in total. The molecule has 188 valence electrons. The van der Waals surface area contributed by atoms with E-state index >= 15 is 0 Å². The molecule has 0 aromatic heterocycles. The van der Waals surface area contributed by atoms with Crippen LogP contribution in [0.5, 0.6) is 34.5 Å². The zero-order valence-electron chi connectivity index (χ0n) is 20.0. The number of hydrogen-bond acceptors (Lipinski definition) is 9. The molecule has 0 fully saturated rings. The van der Waals surface area contributed by atoms with Crippen LogP contribution >= 0.6 is 0 Å². The van der Waals surface area contributed by atoms with Gasteiger partial charge in [0.2, 0.25) is 5.75 Å². The van der Waals surface area contributed by atoms with Crippen molar-refractivity contribution in [3.8, 4) is 34.5 Å². The zero-order chi connectivity index (χ0) is 25.9. The Hall–Kier alpha value is -3.66. The van der Waals surface area contributed by atoms with Gasteiger partial charge in [0.05, 0.1) is 41.2 Å². The quantitative estimate of drug-likeness (QED) is 0.251. The summed E-state index contributed by atoms with van der Waals surface area (Å²) in [4.78, 5) is 0. The summed E-state index contributed by atoms with van der Waals surface area (Å²) in [5.41, 5.74) is 1.18. The second-order valence-corrected chi connectivity index (χ2v) is 8.16. The topological polar surface area (TPSA) is 149 Å². The van der Waals surface area contributed by atoms with E-state index in [-0.39, 0.29) is 51.2 Å². The molecule has 0 radical (unpaired) electrons. The summed E-state index contributed by atoms with van der Waals surface area (Å²) in [6.45, 7) is 0.408. The third-order valence-electron chi connectivity index (χ3n) is 6.36. The Morgan fingerprint density at radius 2 is 0.857 bits per heavy atom. The first-order chi connectivity index (χ1) is 16.7. The van der Waals surface area contributed by atoms with Crippen LogP contribution in [0.1, 0.15) is 40.3 Å². The van der Waals surface area contributed by atoms with Gasteiger partial charge in [-0.15, -0.1) is 0 Å². The van der Waals surface area contributed by atoms with Gasteiger partial charge in [-0.25, -0.2) is 0 Å². The lowest BCUT2D eigenvalue weighted by Gasteiger charge is -2.34. The summed E-state index contributed by atoms with van der Waals surface area (Å²) in [7, 11) is 4.19. The van der Waals surface area contributed by atoms with Crippen molar-refractivity contribution in [1.29, 1.82) is 0 Å². The van der Waals surface area contributed by atoms with Crippen molar-refractivity contribution in [2.24, 2.45) is 0 Å². The highest BCUT2D eigenvalue weighted by atomic mass is 16.5. The lowest BCUT2D eigenvalue weighted by molar-refractivity contribution is 0.263. The first-order valence-corrected chi connectivity index (χ1v) is 10.7. The molecule has 0 saturated heterocycles. The number of rotatable bonds is 9. The van der Waals surface area contributed by atoms with Gasteiger partial charge in [-0.2, -0.15) is 0 Å². The van der Waals surface area contributed by atoms with E-state index in [1.807, 2.05) is 6.92 Å². The van der Waals surface area contributed by atoms with Gasteiger partial charge in [0.1, 0.15) is 5.75 Å². The smallest absolute Gasteiger partial charge is 0.200 e. The molecule has 0 heterocycles. The lowest BCUT2D eigenvalue weighted by atomic mass is 9.69. The molecular weight excluding hydrogens is 456 g/mol. The lowest BCUT2D eigenvalue weighted by Crippen LogP contribution is -2.26. The predicted molar refractivity (Wildman–Crippen MR) is 127 cm³/mol. The van der Waals surface area contributed by atoms with Gasteiger partial charge >= 0.3 is 0 Å². The fourth-order valence-corrected chi connectivity index (χ4v) is 4.20. The molecule has 35 heavy (non-hydrogen) atoms. The number of benzene rings is 3. The average molecular weight is 487 g/mol. The second-order valence-electron chi connectivity index (χ2n) is 8.16. The fourth-order valence-electron chi connectivity index (χ4n) is 4.20. The first kappa shape index (κ1) is 26.0. The number of ether oxygens (including phenoxy) is 3. The minimum Gasteiger partial charge on any atom is -0.507 e. The Labute approximate surface area is 203 Å². The van der Waals surface area contributed by atoms with E-state index in [2.05, 4.69) is 0 Å². The van der Waals surface area contributed by atoms with Crippen LogP contribution in [0.3, 0.4) is 0 Å². The molecule has 1 unspecified atom stereocenters. The molecule has 0 amide bonds. The van der Waals surface area contributed by atoms with E-state index in [4.69, 9.17) is 14.2 Å². The molecule has 3 aromatic carbocycles. The maximum Gasteiger partial charge on any atom is 0.200 e. The number of aliphatic hydroxyl groups is 3. The Morgan fingerprint density at radius 3 is 1.23 bits per heavy atom. The molecule has 0 bridgehead atoms. The van der Waals surface area contributed by atoms with Crippen LogP contribution in [0.15, 0.2) is 36.4 Å². The number of phenolic OH excluding ortho intramolecular Hbond substituents is 1. The normalized spacial score (nSPS) is 12.8. The second kappa shape index (κ2) is 10.3. The van der Waals surface area contributed by atoms with Crippen molar-refractivity contribution in [2.75, 3.05) is 21.3 Å². The Balaban J connectivity index is 2.49. The summed E-state index contributed by atoms with van der Waals surface area (Å²) in [5.74, 6) is -0.220. The number of hydrogen-bond donors (Lipinski definition) is 6. The van der Waals surface area contributed by atoms with Crippen LogP contribution in [-0.2, 0) is 25.2 Å². The molecule has 0 spiro atoms. The van der Waals surface area contributed by atoms with Crippen molar-refractivity contribution in [3.05, 3.63) is 69.8 Å². The molecule has 1 atom stereocenters. The first-order valence-electron chi connectivity index (χ1n) is 10.7. The van der Waals surface area contributed by atoms with Gasteiger partial charge in [-0.05, 0) is 60.0 Å². The molecule has 9 heteroatoms. The van der Waals surface area contributed by atoms with Crippen molar-refractivity contribution in [2.45, 2.75) is 32.2 Å². The number of methoxy groups -OCH3 is 3. The maximum atomic E-state index is 10.5. The van der Waals surface area contributed by atoms with E-state index < -0.39 is 25.2 Å². The highest BCUT2D eigenvalue weighted by molar-refractivity contribution is 5.63. The molecule has 3 aromatic rings. The summed E-state index contributed by atoms with van der Waals surface area (Å²) in [6, 6.07) is 9.62. The van der Waals surface area contributed by atoms with Crippen LogP contribution in [0.4, 0.5) is 0 Å². The Kier molecular flexibility index (Phi) is 7.64. The van der Waals surface area contributed by atoms with E-state index in [9.17, 15) is 30.6 Å². The molecular formula is C26H30O9. The van der Waals surface area contributed by atoms with Crippen molar-refractivity contribution < 1.29 is 44.8 Å². The van der Waals surface area contributed by atoms with Gasteiger partial charge in [0.15, 0.2) is 23.0 Å². The van der Waals surface area contributed by atoms with Crippen LogP contribution in [-0.4, -0.2) is 52.0 Å². The third-order valence-corrected chi connectivity index (χ3v) is 6.36. The molecule has 3 rings (SSSR count). The Morgan fingerprint density at radius 1 is 0.543 bits per heavy atom. The average Bonchev–Trinajstić information content (AvgIpc) is 2.88. The summed E-state index contributed by atoms with van der Waals surface area (Å²) in [6.07, 6.45) is 0. The van der Waals surface area contributed by atoms with Gasteiger partial charge < -0.3 is 44.8 Å².